The number of aryl methyl sites for hydroxylation is 4. The van der Waals surface area contributed by atoms with Crippen molar-refractivity contribution in [2.75, 3.05) is 5.73 Å². The van der Waals surface area contributed by atoms with Crippen molar-refractivity contribution in [2.45, 2.75) is 34.2 Å². The second-order valence-electron chi connectivity index (χ2n) is 4.73. The number of nitrogen functional groups attached to an aromatic ring is 1. The van der Waals surface area contributed by atoms with Gasteiger partial charge in [0.25, 0.3) is 0 Å². The Labute approximate surface area is 108 Å². The number of nitrogens with two attached hydrogens (primary N) is 1. The van der Waals surface area contributed by atoms with Gasteiger partial charge in [-0.25, -0.2) is 9.97 Å². The summed E-state index contributed by atoms with van der Waals surface area (Å²) in [7, 11) is 0. The fraction of sp³-hybridized carbons (Fsp3) is 0.357. The van der Waals surface area contributed by atoms with Crippen LogP contribution in [0.15, 0.2) is 18.3 Å². The Morgan fingerprint density at radius 3 is 2.28 bits per heavy atom. The molecule has 2 N–H and O–H groups in total. The molecule has 0 saturated carbocycles. The predicted octanol–water partition coefficient (Wildman–Crippen LogP) is 1.63. The molecule has 0 saturated heterocycles. The van der Waals surface area contributed by atoms with Gasteiger partial charge in [-0.1, -0.05) is 0 Å². The highest BCUT2D eigenvalue weighted by Gasteiger charge is 2.14. The lowest BCUT2D eigenvalue weighted by molar-refractivity contribution is -0.700. The number of hydrogen-bond donors (Lipinski definition) is 1. The normalized spacial score (nSPS) is 10.7. The van der Waals surface area contributed by atoms with Gasteiger partial charge in [-0.3, -0.25) is 0 Å². The van der Waals surface area contributed by atoms with Gasteiger partial charge in [-0.2, -0.15) is 4.57 Å². The van der Waals surface area contributed by atoms with Crippen LogP contribution in [0.1, 0.15) is 28.3 Å². The first-order valence-electron chi connectivity index (χ1n) is 6.03. The van der Waals surface area contributed by atoms with Crippen molar-refractivity contribution < 1.29 is 4.57 Å². The number of rotatable bonds is 2. The highest BCUT2D eigenvalue weighted by Crippen LogP contribution is 2.09. The molecule has 2 aromatic heterocycles. The standard InChI is InChI=1S/C14H19N4/c1-9-5-10(2)18(11(3)6-9)8-13-7-16-12(4)17-14(13)15/h5-7H,8H2,1-4H3,(H2,15,16,17)/q+1. The first-order chi connectivity index (χ1) is 8.47. The quantitative estimate of drug-likeness (QED) is 0.816. The maximum Gasteiger partial charge on any atom is 0.179 e. The van der Waals surface area contributed by atoms with E-state index in [0.29, 0.717) is 18.2 Å². The van der Waals surface area contributed by atoms with Crippen molar-refractivity contribution >= 4 is 5.82 Å². The number of hydrogen-bond acceptors (Lipinski definition) is 3. The van der Waals surface area contributed by atoms with E-state index in [1.54, 1.807) is 0 Å². The molecular weight excluding hydrogens is 224 g/mol. The summed E-state index contributed by atoms with van der Waals surface area (Å²) in [5, 5.41) is 0. The van der Waals surface area contributed by atoms with Gasteiger partial charge in [-0.15, -0.1) is 0 Å². The molecule has 18 heavy (non-hydrogen) atoms. The Morgan fingerprint density at radius 1 is 1.11 bits per heavy atom. The zero-order chi connectivity index (χ0) is 13.3. The first-order valence-corrected chi connectivity index (χ1v) is 6.03. The summed E-state index contributed by atoms with van der Waals surface area (Å²) in [6.07, 6.45) is 1.81. The second kappa shape index (κ2) is 4.72. The van der Waals surface area contributed by atoms with Crippen molar-refractivity contribution in [3.05, 3.63) is 46.7 Å². The number of nitrogens with zero attached hydrogens (tertiary/aromatic N) is 3. The van der Waals surface area contributed by atoms with E-state index in [2.05, 4.69) is 47.4 Å². The van der Waals surface area contributed by atoms with Crippen molar-refractivity contribution in [2.24, 2.45) is 0 Å². The summed E-state index contributed by atoms with van der Waals surface area (Å²) in [4.78, 5) is 8.41. The average molecular weight is 243 g/mol. The molecule has 4 nitrogen and oxygen atoms in total. The number of pyridine rings is 1. The fourth-order valence-corrected chi connectivity index (χ4v) is 2.19. The fourth-order valence-electron chi connectivity index (χ4n) is 2.19. The van der Waals surface area contributed by atoms with Crippen LogP contribution < -0.4 is 10.3 Å². The van der Waals surface area contributed by atoms with Crippen LogP contribution in [-0.2, 0) is 6.54 Å². The van der Waals surface area contributed by atoms with Crippen LogP contribution in [0.2, 0.25) is 0 Å². The molecule has 0 aliphatic rings. The van der Waals surface area contributed by atoms with Gasteiger partial charge < -0.3 is 5.73 Å². The zero-order valence-corrected chi connectivity index (χ0v) is 11.4. The molecule has 0 aliphatic carbocycles. The minimum atomic E-state index is 0.564. The third-order valence-corrected chi connectivity index (χ3v) is 3.07. The summed E-state index contributed by atoms with van der Waals surface area (Å²) >= 11 is 0. The van der Waals surface area contributed by atoms with Crippen molar-refractivity contribution in [3.63, 3.8) is 0 Å². The van der Waals surface area contributed by atoms with Crippen molar-refractivity contribution in [3.8, 4) is 0 Å². The van der Waals surface area contributed by atoms with E-state index >= 15 is 0 Å². The minimum Gasteiger partial charge on any atom is -0.383 e. The summed E-state index contributed by atoms with van der Waals surface area (Å²) in [6, 6.07) is 4.33. The lowest BCUT2D eigenvalue weighted by Gasteiger charge is -2.07. The summed E-state index contributed by atoms with van der Waals surface area (Å²) in [6.45, 7) is 8.86. The van der Waals surface area contributed by atoms with Crippen molar-refractivity contribution in [1.82, 2.24) is 9.97 Å². The maximum atomic E-state index is 5.93. The highest BCUT2D eigenvalue weighted by atomic mass is 15.0. The average Bonchev–Trinajstić information content (AvgIpc) is 2.25. The van der Waals surface area contributed by atoms with Gasteiger partial charge in [-0.05, 0) is 19.4 Å². The smallest absolute Gasteiger partial charge is 0.179 e. The predicted molar refractivity (Wildman–Crippen MR) is 71.1 cm³/mol. The van der Waals surface area contributed by atoms with Crippen LogP contribution in [-0.4, -0.2) is 9.97 Å². The van der Waals surface area contributed by atoms with Gasteiger partial charge in [0.05, 0.1) is 5.56 Å². The molecule has 94 valence electrons. The summed E-state index contributed by atoms with van der Waals surface area (Å²) in [5.74, 6) is 1.27. The highest BCUT2D eigenvalue weighted by molar-refractivity contribution is 5.36. The third-order valence-electron chi connectivity index (χ3n) is 3.07. The molecule has 0 aromatic carbocycles. The van der Waals surface area contributed by atoms with E-state index in [4.69, 9.17) is 5.73 Å². The molecule has 0 amide bonds. The molecule has 0 radical (unpaired) electrons. The van der Waals surface area contributed by atoms with E-state index in [9.17, 15) is 0 Å². The van der Waals surface area contributed by atoms with Gasteiger partial charge in [0.1, 0.15) is 11.6 Å². The SMILES string of the molecule is Cc1cc(C)[n+](Cc2cnc(C)nc2N)c(C)c1. The molecule has 0 fully saturated rings. The summed E-state index contributed by atoms with van der Waals surface area (Å²) < 4.78 is 2.22. The molecule has 2 rings (SSSR count). The Hall–Kier alpha value is -1.97. The number of aromatic nitrogens is 3. The lowest BCUT2D eigenvalue weighted by atomic mass is 10.2. The molecule has 0 unspecified atom stereocenters. The zero-order valence-electron chi connectivity index (χ0n) is 11.4. The summed E-state index contributed by atoms with van der Waals surface area (Å²) in [5.41, 5.74) is 10.6. The van der Waals surface area contributed by atoms with Gasteiger partial charge >= 0.3 is 0 Å². The van der Waals surface area contributed by atoms with Gasteiger partial charge in [0.2, 0.25) is 0 Å². The lowest BCUT2D eigenvalue weighted by Crippen LogP contribution is -2.41. The first kappa shape index (κ1) is 12.5. The molecular formula is C14H19N4+. The minimum absolute atomic E-state index is 0.564. The topological polar surface area (TPSA) is 55.7 Å². The molecule has 0 bridgehead atoms. The molecule has 2 aromatic rings. The van der Waals surface area contributed by atoms with Crippen LogP contribution in [0.5, 0.6) is 0 Å². The van der Waals surface area contributed by atoms with E-state index < -0.39 is 0 Å². The molecule has 0 atom stereocenters. The molecule has 4 heteroatoms. The largest absolute Gasteiger partial charge is 0.383 e. The monoisotopic (exact) mass is 243 g/mol. The van der Waals surface area contributed by atoms with E-state index in [1.807, 2.05) is 13.1 Å². The third kappa shape index (κ3) is 2.47. The Bertz CT molecular complexity index is 567. The van der Waals surface area contributed by atoms with Crippen LogP contribution in [0.3, 0.4) is 0 Å². The van der Waals surface area contributed by atoms with Crippen molar-refractivity contribution in [1.29, 1.82) is 0 Å². The second-order valence-corrected chi connectivity index (χ2v) is 4.73. The maximum absolute atomic E-state index is 5.93. The molecule has 0 spiro atoms. The Morgan fingerprint density at radius 2 is 1.72 bits per heavy atom. The van der Waals surface area contributed by atoms with Gasteiger partial charge in [0, 0.05) is 32.2 Å². The van der Waals surface area contributed by atoms with E-state index in [0.717, 1.165) is 5.56 Å². The van der Waals surface area contributed by atoms with Crippen LogP contribution in [0.25, 0.3) is 0 Å². The van der Waals surface area contributed by atoms with E-state index in [1.165, 1.54) is 17.0 Å². The van der Waals surface area contributed by atoms with Crippen LogP contribution >= 0.6 is 0 Å². The van der Waals surface area contributed by atoms with Crippen LogP contribution in [0, 0.1) is 27.7 Å². The van der Waals surface area contributed by atoms with Crippen LogP contribution in [0.4, 0.5) is 5.82 Å². The molecule has 2 heterocycles. The van der Waals surface area contributed by atoms with Gasteiger partial charge in [0.15, 0.2) is 17.9 Å². The van der Waals surface area contributed by atoms with E-state index in [-0.39, 0.29) is 0 Å². The Balaban J connectivity index is 2.40. The molecule has 0 aliphatic heterocycles. The Kier molecular flexibility index (Phi) is 3.28. The number of anilines is 1.